The summed E-state index contributed by atoms with van der Waals surface area (Å²) in [4.78, 5) is 0. The number of thiophene rings is 1. The third-order valence-corrected chi connectivity index (χ3v) is 12.6. The Balaban J connectivity index is 1.06. The van der Waals surface area contributed by atoms with Crippen molar-refractivity contribution in [1.29, 1.82) is 0 Å². The first-order valence-corrected chi connectivity index (χ1v) is 19.3. The topological polar surface area (TPSA) is 13.1 Å². The fourth-order valence-corrected chi connectivity index (χ4v) is 10.3. The lowest BCUT2D eigenvalue weighted by molar-refractivity contribution is 0.673. The lowest BCUT2D eigenvalue weighted by Crippen LogP contribution is -1.91. The van der Waals surface area contributed by atoms with Gasteiger partial charge in [0.1, 0.15) is 11.2 Å². The molecule has 0 spiro atoms. The zero-order valence-electron chi connectivity index (χ0n) is 29.1. The van der Waals surface area contributed by atoms with E-state index in [1.54, 1.807) is 0 Å². The van der Waals surface area contributed by atoms with Gasteiger partial charge in [0.15, 0.2) is 0 Å². The number of furan rings is 1. The van der Waals surface area contributed by atoms with E-state index >= 15 is 0 Å². The Bertz CT molecular complexity index is 3430. The van der Waals surface area contributed by atoms with Crippen LogP contribution in [0.1, 0.15) is 0 Å². The molecule has 2 heterocycles. The Kier molecular flexibility index (Phi) is 6.28. The lowest BCUT2D eigenvalue weighted by Gasteiger charge is -2.19. The van der Waals surface area contributed by atoms with E-state index in [9.17, 15) is 0 Å². The summed E-state index contributed by atoms with van der Waals surface area (Å²) in [5, 5.41) is 14.9. The summed E-state index contributed by atoms with van der Waals surface area (Å²) in [7, 11) is 0. The van der Waals surface area contributed by atoms with Crippen LogP contribution < -0.4 is 0 Å². The number of fused-ring (bicyclic) bond motifs is 12. The van der Waals surface area contributed by atoms with Gasteiger partial charge in [0, 0.05) is 30.9 Å². The predicted molar refractivity (Wildman–Crippen MR) is 233 cm³/mol. The van der Waals surface area contributed by atoms with E-state index in [1.807, 2.05) is 17.4 Å². The summed E-state index contributed by atoms with van der Waals surface area (Å²) in [6.45, 7) is 0. The van der Waals surface area contributed by atoms with Crippen molar-refractivity contribution in [2.75, 3.05) is 0 Å². The minimum Gasteiger partial charge on any atom is -0.455 e. The van der Waals surface area contributed by atoms with Gasteiger partial charge in [0.25, 0.3) is 0 Å². The highest BCUT2D eigenvalue weighted by atomic mass is 32.1. The molecule has 0 unspecified atom stereocenters. The molecule has 1 nitrogen and oxygen atoms in total. The third-order valence-electron chi connectivity index (χ3n) is 11.5. The summed E-state index contributed by atoms with van der Waals surface area (Å²) in [5.74, 6) is 0. The molecule has 0 atom stereocenters. The molecule has 54 heavy (non-hydrogen) atoms. The molecule has 250 valence electrons. The maximum Gasteiger partial charge on any atom is 0.144 e. The highest BCUT2D eigenvalue weighted by molar-refractivity contribution is 7.26. The Morgan fingerprint density at radius 2 is 0.907 bits per heavy atom. The predicted octanol–water partition coefficient (Wildman–Crippen LogP) is 15.6. The van der Waals surface area contributed by atoms with E-state index in [0.29, 0.717) is 0 Å². The Labute approximate surface area is 314 Å². The van der Waals surface area contributed by atoms with E-state index in [-0.39, 0.29) is 0 Å². The molecular formula is C52H30OS. The standard InChI is InChI=1S/C52H30OS/c1-2-14-34-31(12-1)13-11-22-37(34)49-41-20-7-5-18-39(41)48(40-19-6-8-21-42(40)49)33-26-24-32(25-27-33)44-30-47-50(38-17-4-3-15-35(38)44)51-46(54-47)29-28-43-36-16-9-10-23-45(36)53-52(43)51/h1-30H. The monoisotopic (exact) mass is 702 g/mol. The molecule has 0 N–H and O–H groups in total. The second kappa shape index (κ2) is 11.4. The molecule has 0 saturated heterocycles. The molecule has 0 aliphatic carbocycles. The van der Waals surface area contributed by atoms with Crippen molar-refractivity contribution in [2.45, 2.75) is 0 Å². The molecule has 0 bridgehead atoms. The molecule has 12 aromatic rings. The van der Waals surface area contributed by atoms with Gasteiger partial charge in [-0.05, 0) is 101 Å². The van der Waals surface area contributed by atoms with Crippen molar-refractivity contribution in [1.82, 2.24) is 0 Å². The molecule has 0 amide bonds. The first kappa shape index (κ1) is 29.8. The number of benzene rings is 10. The van der Waals surface area contributed by atoms with Gasteiger partial charge in [-0.1, -0.05) is 158 Å². The van der Waals surface area contributed by atoms with Crippen molar-refractivity contribution in [3.8, 4) is 33.4 Å². The summed E-state index contributed by atoms with van der Waals surface area (Å²) in [5.41, 5.74) is 9.43. The first-order valence-electron chi connectivity index (χ1n) is 18.5. The average Bonchev–Trinajstić information content (AvgIpc) is 3.81. The van der Waals surface area contributed by atoms with Crippen molar-refractivity contribution in [3.05, 3.63) is 182 Å². The van der Waals surface area contributed by atoms with Gasteiger partial charge in [-0.3, -0.25) is 0 Å². The van der Waals surface area contributed by atoms with Crippen LogP contribution in [0, 0.1) is 0 Å². The molecule has 2 heteroatoms. The van der Waals surface area contributed by atoms with Crippen LogP contribution in [-0.4, -0.2) is 0 Å². The molecule has 0 fully saturated rings. The molecular weight excluding hydrogens is 673 g/mol. The van der Waals surface area contributed by atoms with Crippen LogP contribution in [-0.2, 0) is 0 Å². The van der Waals surface area contributed by atoms with Gasteiger partial charge < -0.3 is 4.42 Å². The van der Waals surface area contributed by atoms with Gasteiger partial charge in [-0.25, -0.2) is 0 Å². The van der Waals surface area contributed by atoms with Crippen LogP contribution >= 0.6 is 11.3 Å². The fourth-order valence-electron chi connectivity index (χ4n) is 9.13. The van der Waals surface area contributed by atoms with Gasteiger partial charge in [0.2, 0.25) is 0 Å². The van der Waals surface area contributed by atoms with Crippen LogP contribution in [0.5, 0.6) is 0 Å². The van der Waals surface area contributed by atoms with Crippen molar-refractivity contribution in [2.24, 2.45) is 0 Å². The third kappa shape index (κ3) is 4.20. The van der Waals surface area contributed by atoms with Crippen LogP contribution in [0.25, 0.3) is 119 Å². The summed E-state index contributed by atoms with van der Waals surface area (Å²) in [6, 6.07) is 66.7. The molecule has 0 saturated carbocycles. The molecule has 0 aliphatic rings. The smallest absolute Gasteiger partial charge is 0.144 e. The second-order valence-electron chi connectivity index (χ2n) is 14.3. The highest BCUT2D eigenvalue weighted by Gasteiger charge is 2.20. The fraction of sp³-hybridized carbons (Fsp3) is 0. The van der Waals surface area contributed by atoms with Crippen molar-refractivity contribution in [3.63, 3.8) is 0 Å². The van der Waals surface area contributed by atoms with Crippen LogP contribution in [0.4, 0.5) is 0 Å². The van der Waals surface area contributed by atoms with E-state index in [0.717, 1.165) is 11.2 Å². The molecule has 0 aliphatic heterocycles. The number of para-hydroxylation sites is 1. The second-order valence-corrected chi connectivity index (χ2v) is 15.4. The molecule has 2 aromatic heterocycles. The van der Waals surface area contributed by atoms with Gasteiger partial charge >= 0.3 is 0 Å². The highest BCUT2D eigenvalue weighted by Crippen LogP contribution is 2.48. The minimum atomic E-state index is 0.934. The molecule has 12 rings (SSSR count). The Morgan fingerprint density at radius 3 is 1.65 bits per heavy atom. The van der Waals surface area contributed by atoms with E-state index < -0.39 is 0 Å². The van der Waals surface area contributed by atoms with Crippen LogP contribution in [0.2, 0.25) is 0 Å². The van der Waals surface area contributed by atoms with E-state index in [1.165, 1.54) is 107 Å². The maximum atomic E-state index is 6.57. The Hall–Kier alpha value is -6.74. The average molecular weight is 703 g/mol. The van der Waals surface area contributed by atoms with Crippen LogP contribution in [0.3, 0.4) is 0 Å². The number of hydrogen-bond donors (Lipinski definition) is 0. The number of hydrogen-bond acceptors (Lipinski definition) is 2. The largest absolute Gasteiger partial charge is 0.455 e. The zero-order chi connectivity index (χ0) is 35.3. The van der Waals surface area contributed by atoms with Crippen molar-refractivity contribution < 1.29 is 4.42 Å². The van der Waals surface area contributed by atoms with E-state index in [4.69, 9.17) is 4.42 Å². The van der Waals surface area contributed by atoms with Gasteiger partial charge in [-0.15, -0.1) is 11.3 Å². The number of rotatable bonds is 3. The van der Waals surface area contributed by atoms with E-state index in [2.05, 4.69) is 176 Å². The van der Waals surface area contributed by atoms with Crippen molar-refractivity contribution >= 4 is 96.5 Å². The quantitative estimate of drug-likeness (QED) is 0.167. The lowest BCUT2D eigenvalue weighted by atomic mass is 9.84. The van der Waals surface area contributed by atoms with Gasteiger partial charge in [-0.2, -0.15) is 0 Å². The normalized spacial score (nSPS) is 12.1. The first-order chi connectivity index (χ1) is 26.8. The Morgan fingerprint density at radius 1 is 0.333 bits per heavy atom. The molecule has 0 radical (unpaired) electrons. The van der Waals surface area contributed by atoms with Crippen LogP contribution in [0.15, 0.2) is 186 Å². The zero-order valence-corrected chi connectivity index (χ0v) is 30.0. The summed E-state index contributed by atoms with van der Waals surface area (Å²) in [6.07, 6.45) is 0. The summed E-state index contributed by atoms with van der Waals surface area (Å²) < 4.78 is 9.09. The SMILES string of the molecule is c1ccc2c(-c3c4ccccc4c(-c4ccc(-c5cc6sc7ccc8c9ccccc9oc8c7c6c6ccccc56)cc4)c4ccccc34)cccc2c1. The minimum absolute atomic E-state index is 0.934. The molecule has 10 aromatic carbocycles. The maximum absolute atomic E-state index is 6.57. The van der Waals surface area contributed by atoms with Gasteiger partial charge in [0.05, 0.1) is 0 Å². The summed E-state index contributed by atoms with van der Waals surface area (Å²) >= 11 is 1.85.